The van der Waals surface area contributed by atoms with Gasteiger partial charge in [-0.05, 0) is 30.7 Å². The molecule has 0 N–H and O–H groups in total. The van der Waals surface area contributed by atoms with Crippen molar-refractivity contribution >= 4 is 56.0 Å². The summed E-state index contributed by atoms with van der Waals surface area (Å²) in [5.41, 5.74) is 1.47. The molecule has 0 radical (unpaired) electrons. The van der Waals surface area contributed by atoms with E-state index in [2.05, 4.69) is 4.90 Å². The van der Waals surface area contributed by atoms with Gasteiger partial charge >= 0.3 is 0 Å². The molecule has 0 bridgehead atoms. The van der Waals surface area contributed by atoms with E-state index >= 15 is 0 Å². The number of aromatic nitrogens is 1. The van der Waals surface area contributed by atoms with E-state index in [1.165, 1.54) is 11.3 Å². The Labute approximate surface area is 202 Å². The van der Waals surface area contributed by atoms with E-state index in [4.69, 9.17) is 18.9 Å². The maximum absolute atomic E-state index is 13.6. The van der Waals surface area contributed by atoms with Gasteiger partial charge in [-0.25, -0.2) is 4.98 Å². The van der Waals surface area contributed by atoms with Crippen LogP contribution in [0.1, 0.15) is 17.0 Å². The molecular formula is C24H26ClN3O4S. The molecule has 1 saturated heterocycles. The quantitative estimate of drug-likeness (QED) is 0.371. The number of fused-ring (bicyclic) bond motifs is 2. The van der Waals surface area contributed by atoms with E-state index in [9.17, 15) is 4.79 Å². The third kappa shape index (κ3) is 4.99. The number of halogens is 1. The maximum Gasteiger partial charge on any atom is 0.295 e. The molecule has 0 saturated carbocycles. The molecule has 33 heavy (non-hydrogen) atoms. The highest BCUT2D eigenvalue weighted by Crippen LogP contribution is 2.32. The van der Waals surface area contributed by atoms with Crippen molar-refractivity contribution in [3.63, 3.8) is 0 Å². The van der Waals surface area contributed by atoms with Crippen LogP contribution in [0.3, 0.4) is 0 Å². The van der Waals surface area contributed by atoms with Crippen molar-refractivity contribution in [3.8, 4) is 5.75 Å². The van der Waals surface area contributed by atoms with Gasteiger partial charge in [0.2, 0.25) is 0 Å². The number of methoxy groups -OCH3 is 1. The molecule has 174 valence electrons. The van der Waals surface area contributed by atoms with Crippen LogP contribution in [0, 0.1) is 0 Å². The highest BCUT2D eigenvalue weighted by Gasteiger charge is 2.25. The SMILES string of the molecule is COc1cccc2cc(C(=O)N(CCCN3CCOCC3)c3nc4ccccc4s3)oc12.Cl. The van der Waals surface area contributed by atoms with E-state index in [1.54, 1.807) is 18.1 Å². The first-order valence-electron chi connectivity index (χ1n) is 10.8. The molecule has 1 fully saturated rings. The number of carbonyl (C=O) groups excluding carboxylic acids is 1. The van der Waals surface area contributed by atoms with Crippen molar-refractivity contribution < 1.29 is 18.7 Å². The van der Waals surface area contributed by atoms with Crippen LogP contribution in [-0.4, -0.2) is 62.3 Å². The van der Waals surface area contributed by atoms with Crippen molar-refractivity contribution in [1.82, 2.24) is 9.88 Å². The summed E-state index contributed by atoms with van der Waals surface area (Å²) in [5.74, 6) is 0.708. The fraction of sp³-hybridized carbons (Fsp3) is 0.333. The minimum Gasteiger partial charge on any atom is -0.493 e. The summed E-state index contributed by atoms with van der Waals surface area (Å²) < 4.78 is 17.8. The van der Waals surface area contributed by atoms with Crippen LogP contribution in [0.5, 0.6) is 5.75 Å². The number of para-hydroxylation sites is 2. The molecule has 1 aliphatic rings. The first-order valence-corrected chi connectivity index (χ1v) is 11.6. The van der Waals surface area contributed by atoms with Gasteiger partial charge in [0.25, 0.3) is 5.91 Å². The number of ether oxygens (including phenoxy) is 2. The molecule has 0 atom stereocenters. The Hall–Kier alpha value is -2.65. The van der Waals surface area contributed by atoms with Crippen LogP contribution >= 0.6 is 23.7 Å². The molecule has 0 unspecified atom stereocenters. The average molecular weight is 488 g/mol. The molecule has 0 spiro atoms. The Bertz CT molecular complexity index is 1200. The van der Waals surface area contributed by atoms with Crippen molar-refractivity contribution in [2.45, 2.75) is 6.42 Å². The van der Waals surface area contributed by atoms with Crippen molar-refractivity contribution in [2.75, 3.05) is 51.4 Å². The number of benzene rings is 2. The fourth-order valence-electron chi connectivity index (χ4n) is 3.97. The van der Waals surface area contributed by atoms with Crippen LogP contribution in [0.15, 0.2) is 52.9 Å². The molecule has 0 aliphatic carbocycles. The molecule has 5 rings (SSSR count). The minimum atomic E-state index is -0.190. The smallest absolute Gasteiger partial charge is 0.295 e. The highest BCUT2D eigenvalue weighted by molar-refractivity contribution is 7.22. The summed E-state index contributed by atoms with van der Waals surface area (Å²) in [7, 11) is 1.60. The summed E-state index contributed by atoms with van der Waals surface area (Å²) in [4.78, 5) is 22.5. The first-order chi connectivity index (χ1) is 15.7. The van der Waals surface area contributed by atoms with Gasteiger partial charge in [-0.1, -0.05) is 35.6 Å². The molecule has 9 heteroatoms. The Morgan fingerprint density at radius 1 is 1.18 bits per heavy atom. The second-order valence-corrected chi connectivity index (χ2v) is 8.73. The minimum absolute atomic E-state index is 0. The Morgan fingerprint density at radius 2 is 2.00 bits per heavy atom. The number of nitrogens with zero attached hydrogens (tertiary/aromatic N) is 3. The zero-order valence-corrected chi connectivity index (χ0v) is 20.0. The summed E-state index contributed by atoms with van der Waals surface area (Å²) in [5, 5.41) is 1.52. The van der Waals surface area contributed by atoms with E-state index < -0.39 is 0 Å². The Balaban J connectivity index is 0.00000259. The number of thiazole rings is 1. The Morgan fingerprint density at radius 3 is 2.79 bits per heavy atom. The number of hydrogen-bond acceptors (Lipinski definition) is 7. The number of rotatable bonds is 7. The molecular weight excluding hydrogens is 462 g/mol. The molecule has 2 aromatic heterocycles. The zero-order valence-electron chi connectivity index (χ0n) is 18.4. The molecule has 4 aromatic rings. The van der Waals surface area contributed by atoms with Gasteiger partial charge in [-0.15, -0.1) is 12.4 Å². The van der Waals surface area contributed by atoms with Gasteiger partial charge in [0, 0.05) is 31.6 Å². The average Bonchev–Trinajstić information content (AvgIpc) is 3.46. The van der Waals surface area contributed by atoms with Crippen LogP contribution in [0.4, 0.5) is 5.13 Å². The number of carbonyl (C=O) groups is 1. The van der Waals surface area contributed by atoms with E-state index in [0.29, 0.717) is 23.0 Å². The van der Waals surface area contributed by atoms with Crippen molar-refractivity contribution in [2.24, 2.45) is 0 Å². The Kier molecular flexibility index (Phi) is 7.49. The maximum atomic E-state index is 13.6. The topological polar surface area (TPSA) is 68.0 Å². The second kappa shape index (κ2) is 10.5. The number of hydrogen-bond donors (Lipinski definition) is 0. The van der Waals surface area contributed by atoms with E-state index in [1.807, 2.05) is 42.5 Å². The van der Waals surface area contributed by atoms with Crippen LogP contribution in [0.2, 0.25) is 0 Å². The standard InChI is InChI=1S/C24H25N3O4S.ClH/c1-29-19-8-4-6-17-16-20(31-22(17)19)23(28)27(11-5-10-26-12-14-30-15-13-26)24-25-18-7-2-3-9-21(18)32-24;/h2-4,6-9,16H,5,10-15H2,1H3;1H. The third-order valence-electron chi connectivity index (χ3n) is 5.66. The lowest BCUT2D eigenvalue weighted by Gasteiger charge is -2.27. The fourth-order valence-corrected chi connectivity index (χ4v) is 4.96. The van der Waals surface area contributed by atoms with Crippen LogP contribution in [-0.2, 0) is 4.74 Å². The number of furan rings is 1. The largest absolute Gasteiger partial charge is 0.493 e. The summed E-state index contributed by atoms with van der Waals surface area (Å²) in [6.45, 7) is 4.86. The lowest BCUT2D eigenvalue weighted by Crippen LogP contribution is -2.39. The zero-order chi connectivity index (χ0) is 21.9. The molecule has 2 aromatic carbocycles. The highest BCUT2D eigenvalue weighted by atomic mass is 35.5. The van der Waals surface area contributed by atoms with Crippen LogP contribution in [0.25, 0.3) is 21.2 Å². The monoisotopic (exact) mass is 487 g/mol. The van der Waals surface area contributed by atoms with Gasteiger partial charge < -0.3 is 13.9 Å². The van der Waals surface area contributed by atoms with Gasteiger partial charge in [-0.2, -0.15) is 0 Å². The van der Waals surface area contributed by atoms with E-state index in [0.717, 1.165) is 54.9 Å². The predicted molar refractivity (Wildman–Crippen MR) is 133 cm³/mol. The van der Waals surface area contributed by atoms with Crippen molar-refractivity contribution in [1.29, 1.82) is 0 Å². The van der Waals surface area contributed by atoms with Crippen LogP contribution < -0.4 is 9.64 Å². The van der Waals surface area contributed by atoms with Gasteiger partial charge in [0.15, 0.2) is 22.2 Å². The third-order valence-corrected chi connectivity index (χ3v) is 6.72. The summed E-state index contributed by atoms with van der Waals surface area (Å²) in [6.07, 6.45) is 0.839. The lowest BCUT2D eigenvalue weighted by atomic mass is 10.2. The van der Waals surface area contributed by atoms with E-state index in [-0.39, 0.29) is 24.1 Å². The molecule has 7 nitrogen and oxygen atoms in total. The predicted octanol–water partition coefficient (Wildman–Crippen LogP) is 4.84. The van der Waals surface area contributed by atoms with Gasteiger partial charge in [0.1, 0.15) is 0 Å². The second-order valence-electron chi connectivity index (χ2n) is 7.72. The molecule has 3 heterocycles. The number of anilines is 1. The van der Waals surface area contributed by atoms with Gasteiger partial charge in [-0.3, -0.25) is 14.6 Å². The lowest BCUT2D eigenvalue weighted by molar-refractivity contribution is 0.0376. The first kappa shape index (κ1) is 23.5. The molecule has 1 aliphatic heterocycles. The number of amides is 1. The molecule has 1 amide bonds. The normalized spacial score (nSPS) is 14.3. The van der Waals surface area contributed by atoms with Gasteiger partial charge in [0.05, 0.1) is 30.5 Å². The summed E-state index contributed by atoms with van der Waals surface area (Å²) >= 11 is 1.52. The number of morpholine rings is 1. The summed E-state index contributed by atoms with van der Waals surface area (Å²) in [6, 6.07) is 15.4. The van der Waals surface area contributed by atoms with Crippen molar-refractivity contribution in [3.05, 3.63) is 54.3 Å².